The SMILES string of the molecule is CCc1nc(N2Cc3ccccc3C2)sc1CNC(C)C. The molecule has 0 radical (unpaired) electrons. The molecule has 0 bridgehead atoms. The molecule has 21 heavy (non-hydrogen) atoms. The smallest absolute Gasteiger partial charge is 0.186 e. The molecular weight excluding hydrogens is 278 g/mol. The Kier molecular flexibility index (Phi) is 4.27. The van der Waals surface area contributed by atoms with E-state index in [0.29, 0.717) is 6.04 Å². The molecule has 1 aromatic heterocycles. The number of hydrogen-bond acceptors (Lipinski definition) is 4. The van der Waals surface area contributed by atoms with Crippen molar-refractivity contribution in [3.05, 3.63) is 46.0 Å². The number of nitrogens with one attached hydrogen (secondary N) is 1. The van der Waals surface area contributed by atoms with E-state index < -0.39 is 0 Å². The van der Waals surface area contributed by atoms with Gasteiger partial charge < -0.3 is 10.2 Å². The van der Waals surface area contributed by atoms with Crippen LogP contribution in [0.2, 0.25) is 0 Å². The predicted octanol–water partition coefficient (Wildman–Crippen LogP) is 3.72. The summed E-state index contributed by atoms with van der Waals surface area (Å²) in [6, 6.07) is 9.21. The number of fused-ring (bicyclic) bond motifs is 1. The molecule has 0 aliphatic carbocycles. The zero-order valence-corrected chi connectivity index (χ0v) is 13.8. The Labute approximate surface area is 131 Å². The molecule has 3 nitrogen and oxygen atoms in total. The lowest BCUT2D eigenvalue weighted by atomic mass is 10.1. The molecule has 0 atom stereocenters. The largest absolute Gasteiger partial charge is 0.339 e. The molecule has 3 rings (SSSR count). The van der Waals surface area contributed by atoms with Crippen LogP contribution < -0.4 is 10.2 Å². The number of rotatable bonds is 5. The number of hydrogen-bond donors (Lipinski definition) is 1. The number of nitrogens with zero attached hydrogens (tertiary/aromatic N) is 2. The standard InChI is InChI=1S/C17H23N3S/c1-4-15-16(9-18-12(2)3)21-17(19-15)20-10-13-7-5-6-8-14(13)11-20/h5-8,12,18H,4,9-11H2,1-3H3. The van der Waals surface area contributed by atoms with E-state index in [0.717, 1.165) is 26.1 Å². The highest BCUT2D eigenvalue weighted by atomic mass is 32.1. The first-order valence-corrected chi connectivity index (χ1v) is 8.52. The van der Waals surface area contributed by atoms with E-state index in [2.05, 4.69) is 55.3 Å². The highest BCUT2D eigenvalue weighted by Gasteiger charge is 2.22. The minimum absolute atomic E-state index is 0.510. The molecule has 4 heteroatoms. The summed E-state index contributed by atoms with van der Waals surface area (Å²) < 4.78 is 0. The fourth-order valence-corrected chi connectivity index (χ4v) is 3.78. The van der Waals surface area contributed by atoms with Gasteiger partial charge in [-0.1, -0.05) is 45.0 Å². The zero-order valence-electron chi connectivity index (χ0n) is 13.0. The van der Waals surface area contributed by atoms with Crippen molar-refractivity contribution >= 4 is 16.5 Å². The summed E-state index contributed by atoms with van der Waals surface area (Å²) >= 11 is 1.85. The lowest BCUT2D eigenvalue weighted by molar-refractivity contribution is 0.590. The van der Waals surface area contributed by atoms with Crippen LogP contribution in [0.3, 0.4) is 0 Å². The van der Waals surface area contributed by atoms with E-state index in [9.17, 15) is 0 Å². The summed E-state index contributed by atoms with van der Waals surface area (Å²) in [4.78, 5) is 8.66. The highest BCUT2D eigenvalue weighted by Crippen LogP contribution is 2.33. The molecule has 0 amide bonds. The van der Waals surface area contributed by atoms with Crippen LogP contribution in [0.15, 0.2) is 24.3 Å². The van der Waals surface area contributed by atoms with E-state index >= 15 is 0 Å². The molecule has 1 aromatic carbocycles. The maximum atomic E-state index is 4.88. The summed E-state index contributed by atoms with van der Waals surface area (Å²) in [6.07, 6.45) is 1.01. The first-order chi connectivity index (χ1) is 10.2. The van der Waals surface area contributed by atoms with Gasteiger partial charge in [0.25, 0.3) is 0 Å². The van der Waals surface area contributed by atoms with Crippen molar-refractivity contribution in [1.29, 1.82) is 0 Å². The number of benzene rings is 1. The Morgan fingerprint density at radius 1 is 1.24 bits per heavy atom. The van der Waals surface area contributed by atoms with Crippen molar-refractivity contribution in [2.75, 3.05) is 4.90 Å². The highest BCUT2D eigenvalue weighted by molar-refractivity contribution is 7.15. The molecule has 0 saturated carbocycles. The van der Waals surface area contributed by atoms with Crippen molar-refractivity contribution < 1.29 is 0 Å². The third-order valence-corrected chi connectivity index (χ3v) is 5.04. The van der Waals surface area contributed by atoms with E-state index in [-0.39, 0.29) is 0 Å². The molecule has 112 valence electrons. The van der Waals surface area contributed by atoms with Gasteiger partial charge >= 0.3 is 0 Å². The number of anilines is 1. The minimum Gasteiger partial charge on any atom is -0.339 e. The lowest BCUT2D eigenvalue weighted by Crippen LogP contribution is -2.21. The summed E-state index contributed by atoms with van der Waals surface area (Å²) in [5.41, 5.74) is 4.12. The molecule has 2 aromatic rings. The fourth-order valence-electron chi connectivity index (χ4n) is 2.68. The summed E-state index contributed by atoms with van der Waals surface area (Å²) in [7, 11) is 0. The Morgan fingerprint density at radius 2 is 1.90 bits per heavy atom. The van der Waals surface area contributed by atoms with Gasteiger partial charge in [-0.2, -0.15) is 0 Å². The Bertz CT molecular complexity index is 593. The van der Waals surface area contributed by atoms with Crippen LogP contribution in [-0.2, 0) is 26.1 Å². The van der Waals surface area contributed by atoms with Crippen molar-refractivity contribution in [2.24, 2.45) is 0 Å². The van der Waals surface area contributed by atoms with E-state index in [4.69, 9.17) is 4.98 Å². The van der Waals surface area contributed by atoms with Crippen LogP contribution in [0.25, 0.3) is 0 Å². The molecule has 0 saturated heterocycles. The molecule has 1 N–H and O–H groups in total. The van der Waals surface area contributed by atoms with Gasteiger partial charge in [0.1, 0.15) is 0 Å². The zero-order chi connectivity index (χ0) is 14.8. The van der Waals surface area contributed by atoms with Crippen molar-refractivity contribution in [3.8, 4) is 0 Å². The summed E-state index contributed by atoms with van der Waals surface area (Å²) in [5, 5.41) is 4.68. The Morgan fingerprint density at radius 3 is 2.48 bits per heavy atom. The Balaban J connectivity index is 1.78. The number of aryl methyl sites for hydroxylation is 1. The van der Waals surface area contributed by atoms with E-state index in [1.54, 1.807) is 0 Å². The van der Waals surface area contributed by atoms with Gasteiger partial charge in [0, 0.05) is 30.6 Å². The normalized spacial score (nSPS) is 14.0. The third-order valence-electron chi connectivity index (χ3n) is 3.88. The first-order valence-electron chi connectivity index (χ1n) is 7.71. The van der Waals surface area contributed by atoms with E-state index in [1.807, 2.05) is 11.3 Å². The second-order valence-electron chi connectivity index (χ2n) is 5.88. The molecule has 1 aliphatic heterocycles. The van der Waals surface area contributed by atoms with Crippen LogP contribution in [0.4, 0.5) is 5.13 Å². The fraction of sp³-hybridized carbons (Fsp3) is 0.471. The van der Waals surface area contributed by atoms with Gasteiger partial charge in [-0.15, -0.1) is 11.3 Å². The maximum Gasteiger partial charge on any atom is 0.186 e. The molecule has 0 spiro atoms. The van der Waals surface area contributed by atoms with Crippen LogP contribution in [0, 0.1) is 0 Å². The molecule has 0 fully saturated rings. The van der Waals surface area contributed by atoms with E-state index in [1.165, 1.54) is 26.8 Å². The summed E-state index contributed by atoms with van der Waals surface area (Å²) in [5.74, 6) is 0. The summed E-state index contributed by atoms with van der Waals surface area (Å²) in [6.45, 7) is 9.47. The average Bonchev–Trinajstić information content (AvgIpc) is 3.08. The van der Waals surface area contributed by atoms with Crippen LogP contribution in [0.1, 0.15) is 42.5 Å². The quantitative estimate of drug-likeness (QED) is 0.912. The van der Waals surface area contributed by atoms with Crippen LogP contribution in [0.5, 0.6) is 0 Å². The molecule has 2 heterocycles. The second kappa shape index (κ2) is 6.16. The van der Waals surface area contributed by atoms with Gasteiger partial charge in [0.2, 0.25) is 0 Å². The number of aromatic nitrogens is 1. The molecular formula is C17H23N3S. The van der Waals surface area contributed by atoms with Gasteiger partial charge in [-0.25, -0.2) is 4.98 Å². The topological polar surface area (TPSA) is 28.2 Å². The van der Waals surface area contributed by atoms with Gasteiger partial charge in [0.05, 0.1) is 5.69 Å². The Hall–Kier alpha value is -1.39. The lowest BCUT2D eigenvalue weighted by Gasteiger charge is -2.12. The molecule has 1 aliphatic rings. The van der Waals surface area contributed by atoms with Crippen LogP contribution in [-0.4, -0.2) is 11.0 Å². The van der Waals surface area contributed by atoms with Crippen LogP contribution >= 0.6 is 11.3 Å². The first kappa shape index (κ1) is 14.5. The minimum atomic E-state index is 0.510. The van der Waals surface area contributed by atoms with Gasteiger partial charge in [-0.05, 0) is 17.5 Å². The number of thiazole rings is 1. The van der Waals surface area contributed by atoms with Gasteiger partial charge in [-0.3, -0.25) is 0 Å². The maximum absolute atomic E-state index is 4.88. The van der Waals surface area contributed by atoms with Gasteiger partial charge in [0.15, 0.2) is 5.13 Å². The predicted molar refractivity (Wildman–Crippen MR) is 89.8 cm³/mol. The van der Waals surface area contributed by atoms with Crippen molar-refractivity contribution in [2.45, 2.75) is 52.9 Å². The third kappa shape index (κ3) is 3.11. The molecule has 0 unspecified atom stereocenters. The average molecular weight is 301 g/mol. The van der Waals surface area contributed by atoms with Crippen molar-refractivity contribution in [3.63, 3.8) is 0 Å². The monoisotopic (exact) mass is 301 g/mol. The van der Waals surface area contributed by atoms with Crippen molar-refractivity contribution in [1.82, 2.24) is 10.3 Å². The second-order valence-corrected chi connectivity index (χ2v) is 6.94.